The van der Waals surface area contributed by atoms with E-state index in [9.17, 15) is 0 Å². The SMILES string of the molecule is CCc1cccc(OCBr)c1. The van der Waals surface area contributed by atoms with Gasteiger partial charge >= 0.3 is 0 Å². The summed E-state index contributed by atoms with van der Waals surface area (Å²) in [6, 6.07) is 8.12. The molecule has 60 valence electrons. The van der Waals surface area contributed by atoms with Crippen LogP contribution < -0.4 is 4.74 Å². The molecule has 0 amide bonds. The maximum atomic E-state index is 5.26. The van der Waals surface area contributed by atoms with Crippen LogP contribution in [-0.2, 0) is 6.42 Å². The molecule has 0 aliphatic rings. The summed E-state index contributed by atoms with van der Waals surface area (Å²) in [6.45, 7) is 2.13. The lowest BCUT2D eigenvalue weighted by Crippen LogP contribution is -1.89. The van der Waals surface area contributed by atoms with Crippen molar-refractivity contribution in [3.8, 4) is 5.75 Å². The molecule has 1 aromatic rings. The van der Waals surface area contributed by atoms with E-state index in [-0.39, 0.29) is 0 Å². The minimum atomic E-state index is 0.556. The second-order valence-electron chi connectivity index (χ2n) is 2.25. The smallest absolute Gasteiger partial charge is 0.143 e. The highest BCUT2D eigenvalue weighted by Gasteiger charge is 1.92. The van der Waals surface area contributed by atoms with Gasteiger partial charge in [0.15, 0.2) is 0 Å². The van der Waals surface area contributed by atoms with Crippen LogP contribution >= 0.6 is 15.9 Å². The van der Waals surface area contributed by atoms with Gasteiger partial charge in [-0.2, -0.15) is 0 Å². The number of halogens is 1. The fraction of sp³-hybridized carbons (Fsp3) is 0.333. The van der Waals surface area contributed by atoms with Crippen LogP contribution in [0, 0.1) is 0 Å². The van der Waals surface area contributed by atoms with Gasteiger partial charge in [0.1, 0.15) is 11.3 Å². The fourth-order valence-corrected chi connectivity index (χ4v) is 1.18. The van der Waals surface area contributed by atoms with Gasteiger partial charge in [-0.05, 0) is 40.0 Å². The normalized spacial score (nSPS) is 9.64. The first-order valence-electron chi connectivity index (χ1n) is 3.64. The van der Waals surface area contributed by atoms with Gasteiger partial charge in [0.25, 0.3) is 0 Å². The van der Waals surface area contributed by atoms with Crippen molar-refractivity contribution in [3.63, 3.8) is 0 Å². The first-order valence-corrected chi connectivity index (χ1v) is 4.76. The van der Waals surface area contributed by atoms with Crippen molar-refractivity contribution in [1.29, 1.82) is 0 Å². The molecule has 0 bridgehead atoms. The number of aryl methyl sites for hydroxylation is 1. The molecular formula is C9H11BrO. The summed E-state index contributed by atoms with van der Waals surface area (Å²) in [5, 5.41) is 0. The number of hydrogen-bond donors (Lipinski definition) is 0. The average Bonchev–Trinajstić information content (AvgIpc) is 2.06. The third kappa shape index (κ3) is 2.54. The lowest BCUT2D eigenvalue weighted by Gasteiger charge is -2.02. The van der Waals surface area contributed by atoms with Crippen LogP contribution in [0.3, 0.4) is 0 Å². The first kappa shape index (κ1) is 8.60. The lowest BCUT2D eigenvalue weighted by molar-refractivity contribution is 0.397. The molecule has 2 heteroatoms. The molecule has 0 heterocycles. The van der Waals surface area contributed by atoms with Gasteiger partial charge in [0.05, 0.1) is 0 Å². The Morgan fingerprint density at radius 2 is 2.27 bits per heavy atom. The summed E-state index contributed by atoms with van der Waals surface area (Å²) >= 11 is 3.21. The molecule has 1 rings (SSSR count). The minimum Gasteiger partial charge on any atom is -0.482 e. The molecule has 0 fully saturated rings. The summed E-state index contributed by atoms with van der Waals surface area (Å²) in [7, 11) is 0. The first-order chi connectivity index (χ1) is 5.36. The monoisotopic (exact) mass is 214 g/mol. The molecule has 0 aliphatic heterocycles. The summed E-state index contributed by atoms with van der Waals surface area (Å²) in [5.74, 6) is 0.932. The van der Waals surface area contributed by atoms with E-state index in [4.69, 9.17) is 4.74 Å². The van der Waals surface area contributed by atoms with Crippen molar-refractivity contribution in [2.75, 3.05) is 5.52 Å². The summed E-state index contributed by atoms with van der Waals surface area (Å²) in [4.78, 5) is 0. The Bertz CT molecular complexity index is 223. The van der Waals surface area contributed by atoms with E-state index in [0.29, 0.717) is 5.52 Å². The molecule has 11 heavy (non-hydrogen) atoms. The van der Waals surface area contributed by atoms with E-state index in [2.05, 4.69) is 35.0 Å². The van der Waals surface area contributed by atoms with E-state index in [0.717, 1.165) is 12.2 Å². The van der Waals surface area contributed by atoms with Crippen LogP contribution in [0.1, 0.15) is 12.5 Å². The molecule has 0 aliphatic carbocycles. The van der Waals surface area contributed by atoms with Gasteiger partial charge in [0.2, 0.25) is 0 Å². The summed E-state index contributed by atoms with van der Waals surface area (Å²) in [6.07, 6.45) is 1.06. The molecule has 0 saturated carbocycles. The van der Waals surface area contributed by atoms with Gasteiger partial charge in [-0.3, -0.25) is 0 Å². The van der Waals surface area contributed by atoms with Crippen LogP contribution in [0.15, 0.2) is 24.3 Å². The zero-order valence-electron chi connectivity index (χ0n) is 6.51. The second-order valence-corrected chi connectivity index (χ2v) is 2.71. The third-order valence-corrected chi connectivity index (χ3v) is 1.76. The molecule has 0 N–H and O–H groups in total. The molecule has 0 atom stereocenters. The Hall–Kier alpha value is -0.500. The molecule has 1 aromatic carbocycles. The van der Waals surface area contributed by atoms with Crippen LogP contribution in [0.4, 0.5) is 0 Å². The van der Waals surface area contributed by atoms with Crippen molar-refractivity contribution in [3.05, 3.63) is 29.8 Å². The molecule has 0 radical (unpaired) electrons. The van der Waals surface area contributed by atoms with Gasteiger partial charge in [-0.15, -0.1) is 0 Å². The Kier molecular flexibility index (Phi) is 3.43. The van der Waals surface area contributed by atoms with E-state index in [1.807, 2.05) is 12.1 Å². The van der Waals surface area contributed by atoms with E-state index in [1.165, 1.54) is 5.56 Å². The molecule has 0 spiro atoms. The molecule has 0 aromatic heterocycles. The maximum absolute atomic E-state index is 5.26. The lowest BCUT2D eigenvalue weighted by atomic mass is 10.2. The number of hydrogen-bond acceptors (Lipinski definition) is 1. The molecule has 0 unspecified atom stereocenters. The summed E-state index contributed by atoms with van der Waals surface area (Å²) in [5.41, 5.74) is 1.86. The van der Waals surface area contributed by atoms with Crippen LogP contribution in [0.2, 0.25) is 0 Å². The molecule has 0 saturated heterocycles. The second kappa shape index (κ2) is 4.39. The predicted molar refractivity (Wildman–Crippen MR) is 50.2 cm³/mol. The van der Waals surface area contributed by atoms with Crippen molar-refractivity contribution < 1.29 is 4.74 Å². The summed E-state index contributed by atoms with van der Waals surface area (Å²) < 4.78 is 5.26. The average molecular weight is 215 g/mol. The van der Waals surface area contributed by atoms with E-state index < -0.39 is 0 Å². The maximum Gasteiger partial charge on any atom is 0.143 e. The van der Waals surface area contributed by atoms with Gasteiger partial charge < -0.3 is 4.74 Å². The van der Waals surface area contributed by atoms with Crippen molar-refractivity contribution in [1.82, 2.24) is 0 Å². The molecular weight excluding hydrogens is 204 g/mol. The zero-order chi connectivity index (χ0) is 8.10. The van der Waals surface area contributed by atoms with Crippen molar-refractivity contribution >= 4 is 15.9 Å². The van der Waals surface area contributed by atoms with Crippen LogP contribution in [-0.4, -0.2) is 5.52 Å². The highest BCUT2D eigenvalue weighted by molar-refractivity contribution is 9.09. The van der Waals surface area contributed by atoms with Crippen molar-refractivity contribution in [2.45, 2.75) is 13.3 Å². The van der Waals surface area contributed by atoms with Crippen molar-refractivity contribution in [2.24, 2.45) is 0 Å². The van der Waals surface area contributed by atoms with Gasteiger partial charge in [-0.25, -0.2) is 0 Å². The Balaban J connectivity index is 2.74. The molecule has 1 nitrogen and oxygen atoms in total. The van der Waals surface area contributed by atoms with E-state index in [1.54, 1.807) is 0 Å². The van der Waals surface area contributed by atoms with E-state index >= 15 is 0 Å². The number of ether oxygens (including phenoxy) is 1. The third-order valence-electron chi connectivity index (χ3n) is 1.53. The highest BCUT2D eigenvalue weighted by atomic mass is 79.9. The Morgan fingerprint density at radius 1 is 1.45 bits per heavy atom. The number of rotatable bonds is 3. The van der Waals surface area contributed by atoms with Crippen LogP contribution in [0.25, 0.3) is 0 Å². The minimum absolute atomic E-state index is 0.556. The number of benzene rings is 1. The predicted octanol–water partition coefficient (Wildman–Crippen LogP) is 2.98. The Labute approximate surface area is 75.5 Å². The Morgan fingerprint density at radius 3 is 2.91 bits per heavy atom. The number of alkyl halides is 1. The largest absolute Gasteiger partial charge is 0.482 e. The quantitative estimate of drug-likeness (QED) is 0.704. The zero-order valence-corrected chi connectivity index (χ0v) is 8.10. The van der Waals surface area contributed by atoms with Gasteiger partial charge in [0, 0.05) is 0 Å². The fourth-order valence-electron chi connectivity index (χ4n) is 0.918. The standard InChI is InChI=1S/C9H11BrO/c1-2-8-4-3-5-9(6-8)11-7-10/h3-6H,2,7H2,1H3. The topological polar surface area (TPSA) is 9.23 Å². The van der Waals surface area contributed by atoms with Gasteiger partial charge in [-0.1, -0.05) is 19.1 Å². The van der Waals surface area contributed by atoms with Crippen LogP contribution in [0.5, 0.6) is 5.75 Å². The highest BCUT2D eigenvalue weighted by Crippen LogP contribution is 2.13.